The average Bonchev–Trinajstić information content (AvgIpc) is 3.57. The number of aliphatic hydroxyl groups is 2. The Balaban J connectivity index is 1.59. The molecule has 1 saturated heterocycles. The monoisotopic (exact) mass is 439 g/mol. The Morgan fingerprint density at radius 3 is 2.50 bits per heavy atom. The number of rotatable bonds is 8. The molecule has 1 heterocycles. The molecule has 1 amide bonds. The second-order valence-corrected chi connectivity index (χ2v) is 9.43. The molecule has 2 N–H and O–H groups in total. The Bertz CT molecular complexity index is 942. The zero-order valence-corrected chi connectivity index (χ0v) is 19.0. The van der Waals surface area contributed by atoms with Gasteiger partial charge in [0.2, 0.25) is 0 Å². The fourth-order valence-electron chi connectivity index (χ4n) is 4.56. The Hall–Kier alpha value is -2.57. The highest BCUT2D eigenvalue weighted by Crippen LogP contribution is 2.47. The lowest BCUT2D eigenvalue weighted by Crippen LogP contribution is -2.39. The van der Waals surface area contributed by atoms with Crippen LogP contribution in [0.25, 0.3) is 0 Å². The van der Waals surface area contributed by atoms with E-state index in [0.717, 1.165) is 5.56 Å². The zero-order chi connectivity index (χ0) is 22.9. The normalized spacial score (nSPS) is 24.8. The highest BCUT2D eigenvalue weighted by Gasteiger charge is 2.49. The van der Waals surface area contributed by atoms with Crippen LogP contribution in [0.1, 0.15) is 49.8 Å². The molecule has 6 heteroatoms. The molecule has 1 saturated carbocycles. The second-order valence-electron chi connectivity index (χ2n) is 9.43. The van der Waals surface area contributed by atoms with Crippen LogP contribution in [0.4, 0.5) is 0 Å². The van der Waals surface area contributed by atoms with Crippen LogP contribution in [0.5, 0.6) is 11.5 Å². The van der Waals surface area contributed by atoms with Gasteiger partial charge in [-0.1, -0.05) is 43.3 Å². The average molecular weight is 440 g/mol. The maximum atomic E-state index is 13.1. The number of ether oxygens (including phenoxy) is 2. The number of benzene rings is 2. The minimum atomic E-state index is -1.22. The first-order valence-corrected chi connectivity index (χ1v) is 11.3. The molecule has 0 radical (unpaired) electrons. The van der Waals surface area contributed by atoms with Crippen LogP contribution in [0, 0.1) is 11.3 Å². The Morgan fingerprint density at radius 2 is 1.88 bits per heavy atom. The zero-order valence-electron chi connectivity index (χ0n) is 19.0. The molecule has 172 valence electrons. The molecule has 4 atom stereocenters. The van der Waals surface area contributed by atoms with Gasteiger partial charge in [-0.05, 0) is 48.9 Å². The van der Waals surface area contributed by atoms with Gasteiger partial charge >= 0.3 is 0 Å². The van der Waals surface area contributed by atoms with Crippen molar-refractivity contribution in [3.8, 4) is 11.5 Å². The first kappa shape index (κ1) is 22.6. The van der Waals surface area contributed by atoms with Crippen molar-refractivity contribution < 1.29 is 24.5 Å². The molecule has 0 spiro atoms. The number of methoxy groups -OCH3 is 1. The molecule has 1 aliphatic heterocycles. The summed E-state index contributed by atoms with van der Waals surface area (Å²) in [4.78, 5) is 14.8. The standard InChI is InChI=1S/C26H33NO5/c1-17(28)26(2)16-27(25(30)24(29)19-7-5-4-6-8-19)14-21(26)20-11-12-22(31-3)23(13-20)32-15-18-9-10-18/h4-8,11-13,17-18,21,24,28-29H,9-10,14-16H2,1-3H3. The number of hydrogen-bond acceptors (Lipinski definition) is 5. The first-order chi connectivity index (χ1) is 15.3. The van der Waals surface area contributed by atoms with Gasteiger partial charge in [-0.15, -0.1) is 0 Å². The van der Waals surface area contributed by atoms with Crippen molar-refractivity contribution in [3.63, 3.8) is 0 Å². The summed E-state index contributed by atoms with van der Waals surface area (Å²) in [6.45, 7) is 5.22. The SMILES string of the molecule is COc1ccc(C2CN(C(=O)C(O)c3ccccc3)CC2(C)C(C)O)cc1OCC1CC1. The maximum absolute atomic E-state index is 13.1. The summed E-state index contributed by atoms with van der Waals surface area (Å²) in [5, 5.41) is 21.4. The molecule has 2 fully saturated rings. The second kappa shape index (κ2) is 9.12. The topological polar surface area (TPSA) is 79.2 Å². The number of likely N-dealkylation sites (tertiary alicyclic amines) is 1. The first-order valence-electron chi connectivity index (χ1n) is 11.3. The van der Waals surface area contributed by atoms with Crippen LogP contribution in [-0.2, 0) is 4.79 Å². The number of aliphatic hydroxyl groups excluding tert-OH is 2. The van der Waals surface area contributed by atoms with Crippen molar-refractivity contribution >= 4 is 5.91 Å². The van der Waals surface area contributed by atoms with Crippen LogP contribution in [-0.4, -0.2) is 53.9 Å². The van der Waals surface area contributed by atoms with Crippen LogP contribution in [0.3, 0.4) is 0 Å². The highest BCUT2D eigenvalue weighted by molar-refractivity contribution is 5.82. The summed E-state index contributed by atoms with van der Waals surface area (Å²) in [6, 6.07) is 14.8. The highest BCUT2D eigenvalue weighted by atomic mass is 16.5. The number of nitrogens with zero attached hydrogens (tertiary/aromatic N) is 1. The minimum absolute atomic E-state index is 0.108. The number of amides is 1. The molecule has 32 heavy (non-hydrogen) atoms. The van der Waals surface area contributed by atoms with Crippen molar-refractivity contribution in [2.24, 2.45) is 11.3 Å². The van der Waals surface area contributed by atoms with Gasteiger partial charge in [0.1, 0.15) is 0 Å². The van der Waals surface area contributed by atoms with Crippen molar-refractivity contribution in [3.05, 3.63) is 59.7 Å². The lowest BCUT2D eigenvalue weighted by Gasteiger charge is -2.34. The van der Waals surface area contributed by atoms with Crippen LogP contribution in [0.15, 0.2) is 48.5 Å². The molecule has 0 aromatic heterocycles. The Morgan fingerprint density at radius 1 is 1.16 bits per heavy atom. The van der Waals surface area contributed by atoms with E-state index in [1.807, 2.05) is 31.2 Å². The summed E-state index contributed by atoms with van der Waals surface area (Å²) in [5.41, 5.74) is 0.999. The van der Waals surface area contributed by atoms with E-state index >= 15 is 0 Å². The van der Waals surface area contributed by atoms with E-state index < -0.39 is 17.6 Å². The summed E-state index contributed by atoms with van der Waals surface area (Å²) < 4.78 is 11.5. The van der Waals surface area contributed by atoms with E-state index in [2.05, 4.69) is 0 Å². The van der Waals surface area contributed by atoms with E-state index in [1.54, 1.807) is 43.2 Å². The molecule has 4 unspecified atom stereocenters. The third-order valence-electron chi connectivity index (χ3n) is 7.11. The summed E-state index contributed by atoms with van der Waals surface area (Å²) >= 11 is 0. The van der Waals surface area contributed by atoms with E-state index in [-0.39, 0.29) is 11.8 Å². The molecule has 2 aliphatic rings. The van der Waals surface area contributed by atoms with Gasteiger partial charge in [-0.25, -0.2) is 0 Å². The molecule has 4 rings (SSSR count). The van der Waals surface area contributed by atoms with Gasteiger partial charge in [-0.2, -0.15) is 0 Å². The maximum Gasteiger partial charge on any atom is 0.256 e. The molecule has 2 aromatic rings. The van der Waals surface area contributed by atoms with Crippen LogP contribution >= 0.6 is 0 Å². The fourth-order valence-corrected chi connectivity index (χ4v) is 4.56. The predicted molar refractivity (Wildman–Crippen MR) is 122 cm³/mol. The summed E-state index contributed by atoms with van der Waals surface area (Å²) in [7, 11) is 1.62. The Kier molecular flexibility index (Phi) is 6.45. The van der Waals surface area contributed by atoms with E-state index in [1.165, 1.54) is 12.8 Å². The Labute approximate surface area is 189 Å². The van der Waals surface area contributed by atoms with Gasteiger partial charge in [0.25, 0.3) is 5.91 Å². The molecule has 0 bridgehead atoms. The van der Waals surface area contributed by atoms with Crippen molar-refractivity contribution in [2.45, 2.75) is 44.8 Å². The summed E-state index contributed by atoms with van der Waals surface area (Å²) in [6.07, 6.45) is 0.537. The number of hydrogen-bond donors (Lipinski definition) is 2. The third-order valence-corrected chi connectivity index (χ3v) is 7.11. The van der Waals surface area contributed by atoms with Gasteiger partial charge in [0, 0.05) is 24.4 Å². The van der Waals surface area contributed by atoms with E-state index in [9.17, 15) is 15.0 Å². The molecular weight excluding hydrogens is 406 g/mol. The van der Waals surface area contributed by atoms with Crippen molar-refractivity contribution in [1.29, 1.82) is 0 Å². The molecule has 6 nitrogen and oxygen atoms in total. The van der Waals surface area contributed by atoms with Gasteiger partial charge in [0.05, 0.1) is 19.8 Å². The van der Waals surface area contributed by atoms with E-state index in [0.29, 0.717) is 42.7 Å². The van der Waals surface area contributed by atoms with Crippen LogP contribution in [0.2, 0.25) is 0 Å². The smallest absolute Gasteiger partial charge is 0.256 e. The number of carbonyl (C=O) groups excluding carboxylic acids is 1. The minimum Gasteiger partial charge on any atom is -0.493 e. The van der Waals surface area contributed by atoms with E-state index in [4.69, 9.17) is 9.47 Å². The predicted octanol–water partition coefficient (Wildman–Crippen LogP) is 3.53. The van der Waals surface area contributed by atoms with Gasteiger partial charge in [-0.3, -0.25) is 4.79 Å². The third kappa shape index (κ3) is 4.48. The quantitative estimate of drug-likeness (QED) is 0.658. The van der Waals surface area contributed by atoms with Crippen molar-refractivity contribution in [2.75, 3.05) is 26.8 Å². The van der Waals surface area contributed by atoms with Crippen LogP contribution < -0.4 is 9.47 Å². The lowest BCUT2D eigenvalue weighted by atomic mass is 9.72. The van der Waals surface area contributed by atoms with Gasteiger partial charge in [0.15, 0.2) is 17.6 Å². The summed E-state index contributed by atoms with van der Waals surface area (Å²) in [5.74, 6) is 1.54. The lowest BCUT2D eigenvalue weighted by molar-refractivity contribution is -0.140. The molecule has 2 aromatic carbocycles. The van der Waals surface area contributed by atoms with Crippen molar-refractivity contribution in [1.82, 2.24) is 4.90 Å². The number of carbonyl (C=O) groups is 1. The van der Waals surface area contributed by atoms with Gasteiger partial charge < -0.3 is 24.6 Å². The molecular formula is C26H33NO5. The molecule has 1 aliphatic carbocycles. The largest absolute Gasteiger partial charge is 0.493 e. The fraction of sp³-hybridized carbons (Fsp3) is 0.500.